The van der Waals surface area contributed by atoms with Gasteiger partial charge in [0.1, 0.15) is 4.90 Å². The van der Waals surface area contributed by atoms with E-state index >= 15 is 0 Å². The van der Waals surface area contributed by atoms with E-state index in [4.69, 9.17) is 16.7 Å². The largest absolute Gasteiger partial charge is 0.273 e. The first-order valence-corrected chi connectivity index (χ1v) is 8.14. The van der Waals surface area contributed by atoms with Crippen LogP contribution in [0.4, 0.5) is 0 Å². The molecule has 4 N–H and O–H groups in total. The van der Waals surface area contributed by atoms with Gasteiger partial charge in [-0.1, -0.05) is 18.0 Å². The number of amides is 2. The minimum Gasteiger partial charge on any atom is -0.273 e. The Balaban J connectivity index is 2.07. The molecule has 1 aromatic carbocycles. The monoisotopic (exact) mass is 331 g/mol. The number of rotatable bonds is 3. The fourth-order valence-corrected chi connectivity index (χ4v) is 2.90. The molecule has 2 rings (SSSR count). The van der Waals surface area contributed by atoms with Crippen LogP contribution in [0.25, 0.3) is 0 Å². The Bertz CT molecular complexity index is 686. The molecule has 1 fully saturated rings. The Kier molecular flexibility index (Phi) is 4.50. The first-order chi connectivity index (χ1) is 9.79. The predicted molar refractivity (Wildman–Crippen MR) is 75.8 cm³/mol. The van der Waals surface area contributed by atoms with Crippen molar-refractivity contribution >= 4 is 33.4 Å². The molecule has 2 amide bonds. The molecule has 0 saturated heterocycles. The van der Waals surface area contributed by atoms with Gasteiger partial charge in [0, 0.05) is 11.5 Å². The predicted octanol–water partition coefficient (Wildman–Crippen LogP) is 0.548. The topological polar surface area (TPSA) is 118 Å². The van der Waals surface area contributed by atoms with Crippen LogP contribution in [0.3, 0.4) is 0 Å². The normalized spacial score (nSPS) is 15.1. The van der Waals surface area contributed by atoms with Crippen molar-refractivity contribution in [3.63, 3.8) is 0 Å². The number of primary sulfonamides is 1. The summed E-state index contributed by atoms with van der Waals surface area (Å²) in [5.41, 5.74) is 4.56. The molecule has 1 saturated carbocycles. The number of sulfonamides is 1. The summed E-state index contributed by atoms with van der Waals surface area (Å²) in [4.78, 5) is 23.1. The van der Waals surface area contributed by atoms with Crippen LogP contribution in [0.2, 0.25) is 5.02 Å². The maximum Gasteiger partial charge on any atom is 0.269 e. The molecule has 0 bridgehead atoms. The molecule has 114 valence electrons. The third-order valence-corrected chi connectivity index (χ3v) is 4.67. The van der Waals surface area contributed by atoms with Crippen molar-refractivity contribution in [2.75, 3.05) is 0 Å². The van der Waals surface area contributed by atoms with E-state index < -0.39 is 15.9 Å². The molecule has 0 atom stereocenters. The van der Waals surface area contributed by atoms with Gasteiger partial charge in [0.2, 0.25) is 15.9 Å². The highest BCUT2D eigenvalue weighted by molar-refractivity contribution is 7.89. The zero-order valence-electron chi connectivity index (χ0n) is 10.9. The molecule has 1 aromatic rings. The second-order valence-corrected chi connectivity index (χ2v) is 6.70. The van der Waals surface area contributed by atoms with Gasteiger partial charge in [0.25, 0.3) is 5.91 Å². The zero-order chi connectivity index (χ0) is 15.6. The highest BCUT2D eigenvalue weighted by Crippen LogP contribution is 2.26. The number of nitrogens with two attached hydrogens (primary N) is 1. The van der Waals surface area contributed by atoms with Gasteiger partial charge in [-0.25, -0.2) is 13.6 Å². The molecule has 0 radical (unpaired) electrons. The highest BCUT2D eigenvalue weighted by atomic mass is 35.5. The summed E-state index contributed by atoms with van der Waals surface area (Å²) in [6.45, 7) is 0. The number of hydrogen-bond donors (Lipinski definition) is 3. The summed E-state index contributed by atoms with van der Waals surface area (Å²) in [5, 5.41) is 4.92. The van der Waals surface area contributed by atoms with E-state index in [1.54, 1.807) is 0 Å². The highest BCUT2D eigenvalue weighted by Gasteiger charge is 2.25. The first kappa shape index (κ1) is 15.7. The molecule has 1 aliphatic carbocycles. The van der Waals surface area contributed by atoms with Crippen molar-refractivity contribution in [1.29, 1.82) is 0 Å². The van der Waals surface area contributed by atoms with Gasteiger partial charge < -0.3 is 0 Å². The van der Waals surface area contributed by atoms with Crippen molar-refractivity contribution in [3.8, 4) is 0 Å². The third kappa shape index (κ3) is 3.72. The van der Waals surface area contributed by atoms with E-state index in [2.05, 4.69) is 10.9 Å². The van der Waals surface area contributed by atoms with Crippen molar-refractivity contribution in [1.82, 2.24) is 10.9 Å². The van der Waals surface area contributed by atoms with E-state index in [1.807, 2.05) is 0 Å². The van der Waals surface area contributed by atoms with Gasteiger partial charge in [0.15, 0.2) is 0 Å². The van der Waals surface area contributed by atoms with Crippen LogP contribution < -0.4 is 16.0 Å². The summed E-state index contributed by atoms with van der Waals surface area (Å²) in [5.74, 6) is -0.977. The quantitative estimate of drug-likeness (QED) is 0.701. The van der Waals surface area contributed by atoms with Crippen molar-refractivity contribution in [2.24, 2.45) is 11.1 Å². The number of hydrazine groups is 1. The minimum atomic E-state index is -4.03. The number of nitrogens with one attached hydrogen (secondary N) is 2. The molecule has 9 heteroatoms. The van der Waals surface area contributed by atoms with Crippen LogP contribution in [0.5, 0.6) is 0 Å². The average molecular weight is 332 g/mol. The number of benzene rings is 1. The lowest BCUT2D eigenvalue weighted by atomic mass is 9.85. The lowest BCUT2D eigenvalue weighted by molar-refractivity contribution is -0.128. The average Bonchev–Trinajstić information content (AvgIpc) is 2.33. The molecule has 0 aromatic heterocycles. The second-order valence-electron chi connectivity index (χ2n) is 4.76. The van der Waals surface area contributed by atoms with E-state index in [0.717, 1.165) is 25.3 Å². The summed E-state index contributed by atoms with van der Waals surface area (Å²) < 4.78 is 22.6. The molecule has 7 nitrogen and oxygen atoms in total. The van der Waals surface area contributed by atoms with Crippen LogP contribution in [0.1, 0.15) is 29.6 Å². The number of carbonyl (C=O) groups is 2. The Morgan fingerprint density at radius 3 is 2.43 bits per heavy atom. The Labute approximate surface area is 126 Å². The standard InChI is InChI=1S/C12H14ClN3O4S/c13-9-5-4-8(6-10(9)21(14,19)20)12(18)16-15-11(17)7-2-1-3-7/h4-7H,1-3H2,(H,15,17)(H,16,18)(H2,14,19,20). The van der Waals surface area contributed by atoms with E-state index in [9.17, 15) is 18.0 Å². The molecule has 0 unspecified atom stereocenters. The molecular formula is C12H14ClN3O4S. The van der Waals surface area contributed by atoms with E-state index in [1.165, 1.54) is 12.1 Å². The minimum absolute atomic E-state index is 0.0253. The van der Waals surface area contributed by atoms with Crippen molar-refractivity contribution in [3.05, 3.63) is 28.8 Å². The third-order valence-electron chi connectivity index (χ3n) is 3.28. The second kappa shape index (κ2) is 6.00. The SMILES string of the molecule is NS(=O)(=O)c1cc(C(=O)NNC(=O)C2CCC2)ccc1Cl. The fraction of sp³-hybridized carbons (Fsp3) is 0.333. The molecule has 0 heterocycles. The van der Waals surface area contributed by atoms with Gasteiger partial charge in [-0.05, 0) is 31.0 Å². The Morgan fingerprint density at radius 1 is 1.24 bits per heavy atom. The maximum atomic E-state index is 11.9. The maximum absolute atomic E-state index is 11.9. The number of carbonyl (C=O) groups excluding carboxylic acids is 2. The fourth-order valence-electron chi connectivity index (χ4n) is 1.83. The van der Waals surface area contributed by atoms with Gasteiger partial charge in [-0.2, -0.15) is 0 Å². The van der Waals surface area contributed by atoms with E-state index in [0.29, 0.717) is 0 Å². The Hall–Kier alpha value is -1.64. The summed E-state index contributed by atoms with van der Waals surface area (Å²) >= 11 is 5.72. The molecular weight excluding hydrogens is 318 g/mol. The van der Waals surface area contributed by atoms with Crippen LogP contribution in [0.15, 0.2) is 23.1 Å². The summed E-state index contributed by atoms with van der Waals surface area (Å²) in [6, 6.07) is 3.65. The Morgan fingerprint density at radius 2 is 1.90 bits per heavy atom. The number of halogens is 1. The molecule has 0 aliphatic heterocycles. The summed E-state index contributed by atoms with van der Waals surface area (Å²) in [7, 11) is -4.03. The lowest BCUT2D eigenvalue weighted by Crippen LogP contribution is -2.46. The van der Waals surface area contributed by atoms with Crippen LogP contribution in [-0.4, -0.2) is 20.2 Å². The van der Waals surface area contributed by atoms with Crippen LogP contribution >= 0.6 is 11.6 Å². The van der Waals surface area contributed by atoms with Gasteiger partial charge in [-0.3, -0.25) is 20.4 Å². The first-order valence-electron chi connectivity index (χ1n) is 6.21. The molecule has 1 aliphatic rings. The van der Waals surface area contributed by atoms with Crippen LogP contribution in [0, 0.1) is 5.92 Å². The summed E-state index contributed by atoms with van der Waals surface area (Å²) in [6.07, 6.45) is 2.61. The van der Waals surface area contributed by atoms with Crippen molar-refractivity contribution in [2.45, 2.75) is 24.2 Å². The van der Waals surface area contributed by atoms with Crippen molar-refractivity contribution < 1.29 is 18.0 Å². The lowest BCUT2D eigenvalue weighted by Gasteiger charge is -2.24. The zero-order valence-corrected chi connectivity index (χ0v) is 12.5. The van der Waals surface area contributed by atoms with Gasteiger partial charge in [-0.15, -0.1) is 0 Å². The molecule has 0 spiro atoms. The smallest absolute Gasteiger partial charge is 0.269 e. The van der Waals surface area contributed by atoms with Gasteiger partial charge in [0.05, 0.1) is 5.02 Å². The number of hydrogen-bond acceptors (Lipinski definition) is 4. The van der Waals surface area contributed by atoms with E-state index in [-0.39, 0.29) is 27.3 Å². The van der Waals surface area contributed by atoms with Gasteiger partial charge >= 0.3 is 0 Å². The van der Waals surface area contributed by atoms with Crippen LogP contribution in [-0.2, 0) is 14.8 Å². The molecule has 21 heavy (non-hydrogen) atoms.